The Labute approximate surface area is 76.2 Å². The Morgan fingerprint density at radius 3 is 3.08 bits per heavy atom. The zero-order valence-electron chi connectivity index (χ0n) is 7.00. The molecule has 1 heterocycles. The number of hydrogen-bond donors (Lipinski definition) is 0. The summed E-state index contributed by atoms with van der Waals surface area (Å²) in [5, 5.41) is 1.27. The second-order valence-electron chi connectivity index (χ2n) is 2.81. The minimum absolute atomic E-state index is 1.00. The SMILES string of the molecule is [CH2]c1ccc2snc(CC)c2c1. The Balaban J connectivity index is 2.75. The van der Waals surface area contributed by atoms with Crippen LogP contribution in [0.25, 0.3) is 10.1 Å². The van der Waals surface area contributed by atoms with Gasteiger partial charge in [0.05, 0.1) is 10.4 Å². The summed E-state index contributed by atoms with van der Waals surface area (Å²) in [7, 11) is 0. The Hall–Kier alpha value is -0.890. The molecule has 0 atom stereocenters. The molecular weight excluding hydrogens is 166 g/mol. The smallest absolute Gasteiger partial charge is 0.0618 e. The first kappa shape index (κ1) is 7.74. The molecule has 1 aromatic carbocycles. The summed E-state index contributed by atoms with van der Waals surface area (Å²) in [6, 6.07) is 6.23. The molecular formula is C10H10NS. The molecule has 0 aliphatic heterocycles. The molecule has 12 heavy (non-hydrogen) atoms. The van der Waals surface area contributed by atoms with Gasteiger partial charge in [0.2, 0.25) is 0 Å². The first-order valence-corrected chi connectivity index (χ1v) is 4.79. The van der Waals surface area contributed by atoms with Crippen LogP contribution in [0.15, 0.2) is 18.2 Å². The lowest BCUT2D eigenvalue weighted by atomic mass is 10.1. The molecule has 61 valence electrons. The molecule has 0 aliphatic carbocycles. The zero-order chi connectivity index (χ0) is 8.55. The van der Waals surface area contributed by atoms with Gasteiger partial charge in [0, 0.05) is 5.39 Å². The number of fused-ring (bicyclic) bond motifs is 1. The van der Waals surface area contributed by atoms with Crippen LogP contribution in [-0.2, 0) is 6.42 Å². The number of rotatable bonds is 1. The third kappa shape index (κ3) is 1.12. The number of hydrogen-bond acceptors (Lipinski definition) is 2. The summed E-state index contributed by atoms with van der Waals surface area (Å²) in [6.45, 7) is 6.03. The van der Waals surface area contributed by atoms with Gasteiger partial charge in [0.25, 0.3) is 0 Å². The predicted molar refractivity (Wildman–Crippen MR) is 53.5 cm³/mol. The lowest BCUT2D eigenvalue weighted by Gasteiger charge is -1.93. The quantitative estimate of drug-likeness (QED) is 0.650. The van der Waals surface area contributed by atoms with Crippen molar-refractivity contribution in [1.29, 1.82) is 0 Å². The van der Waals surface area contributed by atoms with Crippen molar-refractivity contribution < 1.29 is 0 Å². The van der Waals surface area contributed by atoms with E-state index >= 15 is 0 Å². The van der Waals surface area contributed by atoms with E-state index in [1.807, 2.05) is 6.07 Å². The summed E-state index contributed by atoms with van der Waals surface area (Å²) < 4.78 is 5.63. The highest BCUT2D eigenvalue weighted by Gasteiger charge is 2.02. The molecule has 1 aromatic heterocycles. The van der Waals surface area contributed by atoms with E-state index in [4.69, 9.17) is 0 Å². The highest BCUT2D eigenvalue weighted by atomic mass is 32.1. The maximum absolute atomic E-state index is 4.37. The van der Waals surface area contributed by atoms with Crippen molar-refractivity contribution >= 4 is 21.6 Å². The van der Waals surface area contributed by atoms with Gasteiger partial charge in [-0.1, -0.05) is 13.0 Å². The van der Waals surface area contributed by atoms with E-state index in [0.29, 0.717) is 0 Å². The molecule has 1 radical (unpaired) electrons. The molecule has 0 amide bonds. The largest absolute Gasteiger partial charge is 0.196 e. The Morgan fingerprint density at radius 1 is 1.50 bits per heavy atom. The van der Waals surface area contributed by atoms with E-state index in [1.54, 1.807) is 11.5 Å². The standard InChI is InChI=1S/C10H10NS/c1-3-9-8-6-7(2)4-5-10(8)12-11-9/h4-6H,2-3H2,1H3. The van der Waals surface area contributed by atoms with Gasteiger partial charge in [-0.25, -0.2) is 0 Å². The van der Waals surface area contributed by atoms with E-state index in [9.17, 15) is 0 Å². The van der Waals surface area contributed by atoms with Crippen LogP contribution in [0.1, 0.15) is 18.2 Å². The van der Waals surface area contributed by atoms with Gasteiger partial charge in [0.1, 0.15) is 0 Å². The van der Waals surface area contributed by atoms with Crippen molar-refractivity contribution in [3.8, 4) is 0 Å². The summed E-state index contributed by atoms with van der Waals surface area (Å²) in [5.74, 6) is 0. The van der Waals surface area contributed by atoms with Crippen molar-refractivity contribution in [3.63, 3.8) is 0 Å². The average Bonchev–Trinajstić information content (AvgIpc) is 2.46. The van der Waals surface area contributed by atoms with Crippen LogP contribution in [0.4, 0.5) is 0 Å². The monoisotopic (exact) mass is 176 g/mol. The van der Waals surface area contributed by atoms with Crippen LogP contribution in [0.2, 0.25) is 0 Å². The van der Waals surface area contributed by atoms with Crippen LogP contribution in [-0.4, -0.2) is 4.37 Å². The molecule has 1 nitrogen and oxygen atoms in total. The number of nitrogens with zero attached hydrogens (tertiary/aromatic N) is 1. The molecule has 0 fully saturated rings. The van der Waals surface area contributed by atoms with Crippen molar-refractivity contribution in [3.05, 3.63) is 36.4 Å². The maximum atomic E-state index is 4.37. The molecule has 2 rings (SSSR count). The molecule has 2 heteroatoms. The topological polar surface area (TPSA) is 12.9 Å². The Kier molecular flexibility index (Phi) is 1.85. The lowest BCUT2D eigenvalue weighted by Crippen LogP contribution is -1.79. The van der Waals surface area contributed by atoms with Gasteiger partial charge in [-0.3, -0.25) is 0 Å². The van der Waals surface area contributed by atoms with E-state index in [-0.39, 0.29) is 0 Å². The van der Waals surface area contributed by atoms with Gasteiger partial charge >= 0.3 is 0 Å². The third-order valence-corrected chi connectivity index (χ3v) is 2.81. The number of benzene rings is 1. The molecule has 0 N–H and O–H groups in total. The van der Waals surface area contributed by atoms with Crippen LogP contribution in [0.3, 0.4) is 0 Å². The van der Waals surface area contributed by atoms with Crippen molar-refractivity contribution in [2.75, 3.05) is 0 Å². The first-order valence-electron chi connectivity index (χ1n) is 4.01. The molecule has 0 bridgehead atoms. The first-order chi connectivity index (χ1) is 5.81. The lowest BCUT2D eigenvalue weighted by molar-refractivity contribution is 1.10. The molecule has 2 aromatic rings. The second kappa shape index (κ2) is 2.87. The summed E-state index contributed by atoms with van der Waals surface area (Å²) >= 11 is 1.57. The van der Waals surface area contributed by atoms with E-state index < -0.39 is 0 Å². The van der Waals surface area contributed by atoms with Gasteiger partial charge in [-0.2, -0.15) is 4.37 Å². The zero-order valence-corrected chi connectivity index (χ0v) is 7.82. The predicted octanol–water partition coefficient (Wildman–Crippen LogP) is 3.04. The molecule has 0 saturated carbocycles. The van der Waals surface area contributed by atoms with Crippen molar-refractivity contribution in [2.24, 2.45) is 0 Å². The van der Waals surface area contributed by atoms with E-state index in [2.05, 4.69) is 30.4 Å². The normalized spacial score (nSPS) is 10.8. The number of aryl methyl sites for hydroxylation is 1. The van der Waals surface area contributed by atoms with Crippen LogP contribution < -0.4 is 0 Å². The van der Waals surface area contributed by atoms with Crippen LogP contribution in [0.5, 0.6) is 0 Å². The molecule has 0 unspecified atom stereocenters. The highest BCUT2D eigenvalue weighted by molar-refractivity contribution is 7.13. The third-order valence-electron chi connectivity index (χ3n) is 1.94. The fraction of sp³-hybridized carbons (Fsp3) is 0.200. The van der Waals surface area contributed by atoms with E-state index in [1.165, 1.54) is 15.8 Å². The Morgan fingerprint density at radius 2 is 2.33 bits per heavy atom. The fourth-order valence-electron chi connectivity index (χ4n) is 1.29. The number of aromatic nitrogens is 1. The maximum Gasteiger partial charge on any atom is 0.0618 e. The summed E-state index contributed by atoms with van der Waals surface area (Å²) in [5.41, 5.74) is 2.26. The Bertz CT molecular complexity index is 403. The average molecular weight is 176 g/mol. The van der Waals surface area contributed by atoms with Gasteiger partial charge < -0.3 is 0 Å². The second-order valence-corrected chi connectivity index (χ2v) is 3.62. The van der Waals surface area contributed by atoms with Crippen molar-refractivity contribution in [2.45, 2.75) is 13.3 Å². The fourth-order valence-corrected chi connectivity index (χ4v) is 2.13. The minimum atomic E-state index is 1.00. The molecule has 0 spiro atoms. The summed E-state index contributed by atoms with van der Waals surface area (Å²) in [6.07, 6.45) is 1.00. The van der Waals surface area contributed by atoms with Gasteiger partial charge in [-0.05, 0) is 42.6 Å². The molecule has 0 aliphatic rings. The van der Waals surface area contributed by atoms with Gasteiger partial charge in [0.15, 0.2) is 0 Å². The molecule has 0 saturated heterocycles. The summed E-state index contributed by atoms with van der Waals surface area (Å²) in [4.78, 5) is 0. The van der Waals surface area contributed by atoms with Crippen LogP contribution >= 0.6 is 11.5 Å². The van der Waals surface area contributed by atoms with Crippen molar-refractivity contribution in [1.82, 2.24) is 4.37 Å². The van der Waals surface area contributed by atoms with E-state index in [0.717, 1.165) is 12.0 Å². The highest BCUT2D eigenvalue weighted by Crippen LogP contribution is 2.23. The van der Waals surface area contributed by atoms with Gasteiger partial charge in [-0.15, -0.1) is 0 Å². The minimum Gasteiger partial charge on any atom is -0.196 e. The van der Waals surface area contributed by atoms with Crippen LogP contribution in [0, 0.1) is 6.92 Å².